The molecule has 3 heterocycles. The minimum atomic E-state index is -4.66. The zero-order valence-electron chi connectivity index (χ0n) is 16.3. The van der Waals surface area contributed by atoms with E-state index in [9.17, 15) is 26.7 Å². The number of benzene rings is 1. The molecule has 2 aliphatic heterocycles. The summed E-state index contributed by atoms with van der Waals surface area (Å²) in [6.07, 6.45) is -5.57. The Morgan fingerprint density at radius 1 is 1.31 bits per heavy atom. The van der Waals surface area contributed by atoms with Gasteiger partial charge in [-0.1, -0.05) is 17.8 Å². The molecule has 3 atom stereocenters. The van der Waals surface area contributed by atoms with Gasteiger partial charge in [-0.15, -0.1) is 0 Å². The van der Waals surface area contributed by atoms with Crippen molar-refractivity contribution in [3.63, 3.8) is 0 Å². The number of aromatic nitrogens is 1. The number of nitrogens with two attached hydrogens (primary N) is 1. The third-order valence-corrected chi connectivity index (χ3v) is 6.32. The summed E-state index contributed by atoms with van der Waals surface area (Å²) in [6.45, 7) is -1.24. The van der Waals surface area contributed by atoms with Crippen LogP contribution in [0.1, 0.15) is 21.6 Å². The Bertz CT molecular complexity index is 1060. The monoisotopic (exact) mass is 472 g/mol. The number of aliphatic imine (C=N–C) groups is 1. The average molecular weight is 472 g/mol. The summed E-state index contributed by atoms with van der Waals surface area (Å²) in [6, 6.07) is 6.24. The molecular formula is C20H17F5N4O2S. The van der Waals surface area contributed by atoms with E-state index in [-0.39, 0.29) is 27.9 Å². The first-order valence-corrected chi connectivity index (χ1v) is 10.4. The van der Waals surface area contributed by atoms with Gasteiger partial charge in [-0.2, -0.15) is 13.2 Å². The van der Waals surface area contributed by atoms with Gasteiger partial charge in [0.05, 0.1) is 6.61 Å². The second kappa shape index (κ2) is 8.32. The molecule has 0 spiro atoms. The number of fused-ring (bicyclic) bond motifs is 1. The van der Waals surface area contributed by atoms with Crippen LogP contribution in [0.15, 0.2) is 41.5 Å². The van der Waals surface area contributed by atoms with E-state index in [1.807, 2.05) is 0 Å². The maximum Gasteiger partial charge on any atom is 0.415 e. The highest BCUT2D eigenvalue weighted by Gasteiger charge is 2.62. The minimum absolute atomic E-state index is 0.0122. The molecule has 0 unspecified atom stereocenters. The van der Waals surface area contributed by atoms with Crippen molar-refractivity contribution in [2.75, 3.05) is 17.7 Å². The topological polar surface area (TPSA) is 89.6 Å². The molecule has 0 aliphatic carbocycles. The largest absolute Gasteiger partial charge is 0.415 e. The predicted octanol–water partition coefficient (Wildman–Crippen LogP) is 3.78. The van der Waals surface area contributed by atoms with Crippen molar-refractivity contribution in [3.8, 4) is 0 Å². The molecule has 2 aromatic rings. The summed E-state index contributed by atoms with van der Waals surface area (Å²) in [7, 11) is 0. The zero-order valence-corrected chi connectivity index (χ0v) is 17.1. The number of amides is 1. The van der Waals surface area contributed by atoms with E-state index in [4.69, 9.17) is 10.5 Å². The van der Waals surface area contributed by atoms with E-state index in [0.29, 0.717) is 5.56 Å². The van der Waals surface area contributed by atoms with Crippen molar-refractivity contribution >= 4 is 28.5 Å². The van der Waals surface area contributed by atoms with Crippen molar-refractivity contribution in [2.45, 2.75) is 24.5 Å². The van der Waals surface area contributed by atoms with Crippen LogP contribution < -0.4 is 11.1 Å². The summed E-state index contributed by atoms with van der Waals surface area (Å²) in [5.74, 6) is -2.70. The number of carbonyl (C=O) groups excluding carboxylic acids is 1. The summed E-state index contributed by atoms with van der Waals surface area (Å²) in [5, 5.41) is 2.55. The number of amidine groups is 1. The number of thioether (sulfide) groups is 1. The fourth-order valence-corrected chi connectivity index (χ4v) is 4.89. The Labute approximate surface area is 183 Å². The number of alkyl halides is 4. The van der Waals surface area contributed by atoms with Crippen molar-refractivity contribution in [1.29, 1.82) is 0 Å². The summed E-state index contributed by atoms with van der Waals surface area (Å²) >= 11 is 0.949. The van der Waals surface area contributed by atoms with E-state index >= 15 is 0 Å². The molecule has 12 heteroatoms. The molecule has 1 fully saturated rings. The van der Waals surface area contributed by atoms with E-state index in [0.717, 1.165) is 17.8 Å². The molecular weight excluding hydrogens is 455 g/mol. The Balaban J connectivity index is 1.68. The van der Waals surface area contributed by atoms with Gasteiger partial charge in [0, 0.05) is 34.7 Å². The molecule has 1 aromatic carbocycles. The van der Waals surface area contributed by atoms with Gasteiger partial charge in [0.1, 0.15) is 23.7 Å². The van der Waals surface area contributed by atoms with Gasteiger partial charge in [0.15, 0.2) is 11.3 Å². The molecule has 0 radical (unpaired) electrons. The molecule has 3 N–H and O–H groups in total. The second-order valence-electron chi connectivity index (χ2n) is 7.40. The maximum atomic E-state index is 14.9. The Kier molecular flexibility index (Phi) is 5.84. The Morgan fingerprint density at radius 3 is 2.75 bits per heavy atom. The van der Waals surface area contributed by atoms with Crippen LogP contribution in [0, 0.1) is 11.7 Å². The van der Waals surface area contributed by atoms with E-state index in [1.54, 1.807) is 0 Å². The molecule has 1 aromatic heterocycles. The van der Waals surface area contributed by atoms with Gasteiger partial charge < -0.3 is 15.8 Å². The lowest BCUT2D eigenvalue weighted by Gasteiger charge is -2.36. The predicted molar refractivity (Wildman–Crippen MR) is 108 cm³/mol. The number of halogens is 5. The smallest absolute Gasteiger partial charge is 0.379 e. The number of hydrogen-bond acceptors (Lipinski definition) is 6. The van der Waals surface area contributed by atoms with E-state index < -0.39 is 48.7 Å². The lowest BCUT2D eigenvalue weighted by Crippen LogP contribution is -2.46. The van der Waals surface area contributed by atoms with Crippen LogP contribution in [0.4, 0.5) is 27.6 Å². The molecule has 0 saturated carbocycles. The number of nitrogens with one attached hydrogen (secondary N) is 1. The van der Waals surface area contributed by atoms with Crippen molar-refractivity contribution in [3.05, 3.63) is 59.2 Å². The Hall–Kier alpha value is -2.73. The fourth-order valence-electron chi connectivity index (χ4n) is 3.86. The number of anilines is 1. The standard InChI is InChI=1S/C20H17F5N4O2S/c21-6-10-1-4-15(27-7-10)17(30)28-11-2-3-14(22)12(5-11)19-9-31-16(20(23,24)25)13(19)8-32-18(26)29-19/h1-5,7,13,16H,6,8-9H2,(H2,26,29)(H,28,30)/t13-,16+,19-/m1/s1. The first kappa shape index (κ1) is 22.5. The SMILES string of the molecule is NC1=N[C@@]2(c3cc(NC(=O)c4ccc(CF)cn4)ccc3F)CO[C@H](C(F)(F)F)[C@H]2CS1. The number of hydrogen-bond donors (Lipinski definition) is 2. The first-order valence-electron chi connectivity index (χ1n) is 9.43. The number of carbonyl (C=O) groups is 1. The number of pyridine rings is 1. The highest BCUT2D eigenvalue weighted by molar-refractivity contribution is 8.13. The van der Waals surface area contributed by atoms with Crippen LogP contribution >= 0.6 is 11.8 Å². The van der Waals surface area contributed by atoms with Gasteiger partial charge in [-0.25, -0.2) is 13.8 Å². The summed E-state index contributed by atoms with van der Waals surface area (Å²) in [4.78, 5) is 20.5. The van der Waals surface area contributed by atoms with E-state index in [2.05, 4.69) is 15.3 Å². The molecule has 170 valence electrons. The number of rotatable bonds is 4. The van der Waals surface area contributed by atoms with E-state index in [1.165, 1.54) is 30.5 Å². The maximum absolute atomic E-state index is 14.9. The normalized spacial score (nSPS) is 25.2. The molecule has 6 nitrogen and oxygen atoms in total. The van der Waals surface area contributed by atoms with Gasteiger partial charge in [0.2, 0.25) is 0 Å². The molecule has 32 heavy (non-hydrogen) atoms. The fraction of sp³-hybridized carbons (Fsp3) is 0.350. The Morgan fingerprint density at radius 2 is 2.09 bits per heavy atom. The minimum Gasteiger partial charge on any atom is -0.379 e. The zero-order chi connectivity index (χ0) is 23.1. The van der Waals surface area contributed by atoms with Gasteiger partial charge in [-0.05, 0) is 24.3 Å². The van der Waals surface area contributed by atoms with Crippen LogP contribution in [0.5, 0.6) is 0 Å². The van der Waals surface area contributed by atoms with Crippen LogP contribution in [0.2, 0.25) is 0 Å². The second-order valence-corrected chi connectivity index (χ2v) is 8.44. The van der Waals surface area contributed by atoms with Gasteiger partial charge in [-0.3, -0.25) is 9.78 Å². The average Bonchev–Trinajstić information content (AvgIpc) is 3.15. The van der Waals surface area contributed by atoms with Gasteiger partial charge in [0.25, 0.3) is 5.91 Å². The summed E-state index contributed by atoms with van der Waals surface area (Å²) < 4.78 is 73.1. The summed E-state index contributed by atoms with van der Waals surface area (Å²) in [5.41, 5.74) is 4.35. The lowest BCUT2D eigenvalue weighted by atomic mass is 9.78. The van der Waals surface area contributed by atoms with Crippen molar-refractivity contribution < 1.29 is 31.5 Å². The lowest BCUT2D eigenvalue weighted by molar-refractivity contribution is -0.215. The highest BCUT2D eigenvalue weighted by Crippen LogP contribution is 2.52. The molecule has 1 amide bonds. The van der Waals surface area contributed by atoms with Crippen LogP contribution in [0.25, 0.3) is 0 Å². The molecule has 2 aliphatic rings. The molecule has 4 rings (SSSR count). The van der Waals surface area contributed by atoms with Crippen LogP contribution in [-0.2, 0) is 17.0 Å². The molecule has 1 saturated heterocycles. The molecule has 0 bridgehead atoms. The third-order valence-electron chi connectivity index (χ3n) is 5.41. The van der Waals surface area contributed by atoms with Crippen LogP contribution in [0.3, 0.4) is 0 Å². The van der Waals surface area contributed by atoms with Crippen molar-refractivity contribution in [2.24, 2.45) is 16.6 Å². The number of nitrogens with zero attached hydrogens (tertiary/aromatic N) is 2. The first-order chi connectivity index (χ1) is 15.1. The van der Waals surface area contributed by atoms with Gasteiger partial charge >= 0.3 is 6.18 Å². The van der Waals surface area contributed by atoms with Crippen LogP contribution in [-0.4, -0.2) is 40.7 Å². The quantitative estimate of drug-likeness (QED) is 0.662. The third kappa shape index (κ3) is 4.04. The highest BCUT2D eigenvalue weighted by atomic mass is 32.2. The number of ether oxygens (including phenoxy) is 1. The van der Waals surface area contributed by atoms with Crippen molar-refractivity contribution in [1.82, 2.24) is 4.98 Å².